The summed E-state index contributed by atoms with van der Waals surface area (Å²) in [6, 6.07) is 7.57. The molecule has 0 bridgehead atoms. The van der Waals surface area contributed by atoms with E-state index in [0.29, 0.717) is 24.7 Å². The fourth-order valence-electron chi connectivity index (χ4n) is 1.63. The lowest BCUT2D eigenvalue weighted by atomic mass is 10.3. The Morgan fingerprint density at radius 1 is 1.16 bits per heavy atom. The Kier molecular flexibility index (Phi) is 7.25. The van der Waals surface area contributed by atoms with Crippen LogP contribution in [0.25, 0.3) is 0 Å². The summed E-state index contributed by atoms with van der Waals surface area (Å²) in [4.78, 5) is 0. The Morgan fingerprint density at radius 2 is 1.84 bits per heavy atom. The number of methoxy groups -OCH3 is 2. The molecule has 0 aromatic heterocycles. The Labute approximate surface area is 114 Å². The summed E-state index contributed by atoms with van der Waals surface area (Å²) < 4.78 is 15.7. The third kappa shape index (κ3) is 5.92. The van der Waals surface area contributed by atoms with Gasteiger partial charge in [0.15, 0.2) is 11.5 Å². The lowest BCUT2D eigenvalue weighted by molar-refractivity contribution is 0.0959. The molecule has 2 unspecified atom stereocenters. The van der Waals surface area contributed by atoms with Crippen molar-refractivity contribution in [1.29, 1.82) is 0 Å². The molecular formula is C14H23NO4. The number of nitrogens with one attached hydrogen (secondary N) is 1. The fraction of sp³-hybridized carbons (Fsp3) is 0.571. The van der Waals surface area contributed by atoms with E-state index < -0.39 is 6.10 Å². The highest BCUT2D eigenvalue weighted by molar-refractivity contribution is 5.39. The second-order valence-corrected chi connectivity index (χ2v) is 4.38. The predicted octanol–water partition coefficient (Wildman–Crippen LogP) is 1.06. The molecule has 1 aromatic rings. The van der Waals surface area contributed by atoms with Crippen LogP contribution < -0.4 is 14.8 Å². The summed E-state index contributed by atoms with van der Waals surface area (Å²) in [5.41, 5.74) is 0. The van der Waals surface area contributed by atoms with Gasteiger partial charge in [0.2, 0.25) is 0 Å². The molecule has 0 saturated heterocycles. The van der Waals surface area contributed by atoms with E-state index in [1.54, 1.807) is 14.2 Å². The topological polar surface area (TPSA) is 60.0 Å². The average Bonchev–Trinajstić information content (AvgIpc) is 2.43. The lowest BCUT2D eigenvalue weighted by Gasteiger charge is -2.17. The van der Waals surface area contributed by atoms with Crippen molar-refractivity contribution in [2.24, 2.45) is 0 Å². The van der Waals surface area contributed by atoms with E-state index in [9.17, 15) is 5.11 Å². The van der Waals surface area contributed by atoms with E-state index in [4.69, 9.17) is 14.2 Å². The Morgan fingerprint density at radius 3 is 2.47 bits per heavy atom. The number of hydrogen-bond acceptors (Lipinski definition) is 5. The number of hydrogen-bond donors (Lipinski definition) is 2. The quantitative estimate of drug-likeness (QED) is 0.702. The molecule has 0 aliphatic heterocycles. The molecule has 0 amide bonds. The minimum atomic E-state index is -0.579. The number of benzene rings is 1. The molecule has 5 nitrogen and oxygen atoms in total. The van der Waals surface area contributed by atoms with E-state index in [2.05, 4.69) is 5.32 Å². The lowest BCUT2D eigenvalue weighted by Crippen LogP contribution is -2.38. The van der Waals surface area contributed by atoms with Gasteiger partial charge in [0, 0.05) is 19.7 Å². The van der Waals surface area contributed by atoms with Crippen LogP contribution in [0.5, 0.6) is 11.5 Å². The first-order chi connectivity index (χ1) is 9.17. The van der Waals surface area contributed by atoms with Crippen LogP contribution in [0, 0.1) is 0 Å². The van der Waals surface area contributed by atoms with E-state index in [-0.39, 0.29) is 12.6 Å². The van der Waals surface area contributed by atoms with Gasteiger partial charge in [-0.2, -0.15) is 0 Å². The van der Waals surface area contributed by atoms with Gasteiger partial charge in [-0.05, 0) is 19.1 Å². The molecule has 2 N–H and O–H groups in total. The molecule has 1 aromatic carbocycles. The summed E-state index contributed by atoms with van der Waals surface area (Å²) in [6.07, 6.45) is -0.579. The maximum atomic E-state index is 9.82. The summed E-state index contributed by atoms with van der Waals surface area (Å²) in [7, 11) is 3.24. The summed E-state index contributed by atoms with van der Waals surface area (Å²) in [5, 5.41) is 13.0. The molecule has 0 spiro atoms. The van der Waals surface area contributed by atoms with Crippen molar-refractivity contribution in [1.82, 2.24) is 5.32 Å². The smallest absolute Gasteiger partial charge is 0.161 e. The van der Waals surface area contributed by atoms with Gasteiger partial charge in [-0.3, -0.25) is 0 Å². The Hall–Kier alpha value is -1.30. The van der Waals surface area contributed by atoms with Crippen LogP contribution in [0.4, 0.5) is 0 Å². The minimum absolute atomic E-state index is 0.200. The molecule has 2 atom stereocenters. The maximum absolute atomic E-state index is 9.82. The molecule has 0 aliphatic rings. The number of ether oxygens (including phenoxy) is 3. The van der Waals surface area contributed by atoms with Gasteiger partial charge in [0.05, 0.1) is 13.7 Å². The zero-order valence-corrected chi connectivity index (χ0v) is 11.8. The van der Waals surface area contributed by atoms with E-state index in [0.717, 1.165) is 0 Å². The third-order valence-electron chi connectivity index (χ3n) is 2.62. The van der Waals surface area contributed by atoms with E-state index >= 15 is 0 Å². The van der Waals surface area contributed by atoms with Gasteiger partial charge < -0.3 is 24.6 Å². The highest BCUT2D eigenvalue weighted by Gasteiger charge is 2.09. The van der Waals surface area contributed by atoms with Crippen molar-refractivity contribution in [3.63, 3.8) is 0 Å². The van der Waals surface area contributed by atoms with Crippen molar-refractivity contribution < 1.29 is 19.3 Å². The van der Waals surface area contributed by atoms with Crippen LogP contribution in [-0.4, -0.2) is 51.2 Å². The second kappa shape index (κ2) is 8.74. The van der Waals surface area contributed by atoms with Crippen molar-refractivity contribution >= 4 is 0 Å². The zero-order valence-electron chi connectivity index (χ0n) is 11.8. The van der Waals surface area contributed by atoms with Crippen LogP contribution in [0.15, 0.2) is 24.3 Å². The molecule has 5 heteroatoms. The van der Waals surface area contributed by atoms with Crippen molar-refractivity contribution in [2.45, 2.75) is 19.1 Å². The number of aliphatic hydroxyl groups excluding tert-OH is 1. The van der Waals surface area contributed by atoms with Crippen molar-refractivity contribution in [2.75, 3.05) is 34.0 Å². The van der Waals surface area contributed by atoms with Crippen LogP contribution in [0.2, 0.25) is 0 Å². The summed E-state index contributed by atoms with van der Waals surface area (Å²) >= 11 is 0. The molecule has 1 rings (SSSR count). The average molecular weight is 269 g/mol. The van der Waals surface area contributed by atoms with Gasteiger partial charge in [-0.15, -0.1) is 0 Å². The molecule has 108 valence electrons. The van der Waals surface area contributed by atoms with Crippen LogP contribution in [-0.2, 0) is 4.74 Å². The molecular weight excluding hydrogens is 246 g/mol. The van der Waals surface area contributed by atoms with E-state index in [1.165, 1.54) is 0 Å². The molecule has 0 saturated carbocycles. The fourth-order valence-corrected chi connectivity index (χ4v) is 1.63. The monoisotopic (exact) mass is 269 g/mol. The van der Waals surface area contributed by atoms with Crippen LogP contribution >= 0.6 is 0 Å². The first-order valence-electron chi connectivity index (χ1n) is 6.33. The highest BCUT2D eigenvalue weighted by atomic mass is 16.5. The van der Waals surface area contributed by atoms with Crippen molar-refractivity contribution in [3.8, 4) is 11.5 Å². The standard InChI is InChI=1S/C14H23NO4/c1-11(9-17-2)15-8-12(16)10-19-14-7-5-4-6-13(14)18-3/h4-7,11-12,15-16H,8-10H2,1-3H3. The van der Waals surface area contributed by atoms with E-state index in [1.807, 2.05) is 31.2 Å². The first kappa shape index (κ1) is 15.8. The van der Waals surface area contributed by atoms with Crippen LogP contribution in [0.1, 0.15) is 6.92 Å². The molecule has 0 fully saturated rings. The SMILES string of the molecule is COCC(C)NCC(O)COc1ccccc1OC. The van der Waals surface area contributed by atoms with Gasteiger partial charge in [0.25, 0.3) is 0 Å². The van der Waals surface area contributed by atoms with Crippen molar-refractivity contribution in [3.05, 3.63) is 24.3 Å². The third-order valence-corrected chi connectivity index (χ3v) is 2.62. The van der Waals surface area contributed by atoms with Crippen LogP contribution in [0.3, 0.4) is 0 Å². The first-order valence-corrected chi connectivity index (χ1v) is 6.33. The Bertz CT molecular complexity index is 359. The predicted molar refractivity (Wildman–Crippen MR) is 73.8 cm³/mol. The molecule has 19 heavy (non-hydrogen) atoms. The summed E-state index contributed by atoms with van der Waals surface area (Å²) in [6.45, 7) is 3.28. The normalized spacial score (nSPS) is 13.9. The largest absolute Gasteiger partial charge is 0.493 e. The van der Waals surface area contributed by atoms with Gasteiger partial charge >= 0.3 is 0 Å². The van der Waals surface area contributed by atoms with Gasteiger partial charge in [-0.25, -0.2) is 0 Å². The molecule has 0 heterocycles. The highest BCUT2D eigenvalue weighted by Crippen LogP contribution is 2.25. The summed E-state index contributed by atoms with van der Waals surface area (Å²) in [5.74, 6) is 1.30. The number of rotatable bonds is 9. The minimum Gasteiger partial charge on any atom is -0.493 e. The Balaban J connectivity index is 2.31. The number of aliphatic hydroxyl groups is 1. The van der Waals surface area contributed by atoms with Gasteiger partial charge in [0.1, 0.15) is 12.7 Å². The van der Waals surface area contributed by atoms with Gasteiger partial charge in [-0.1, -0.05) is 12.1 Å². The second-order valence-electron chi connectivity index (χ2n) is 4.38. The maximum Gasteiger partial charge on any atom is 0.161 e. The molecule has 0 radical (unpaired) electrons. The zero-order chi connectivity index (χ0) is 14.1. The number of para-hydroxylation sites is 2. The molecule has 0 aliphatic carbocycles.